The number of likely N-dealkylation sites (N-methyl/N-ethyl adjacent to an activating group) is 1. The fourth-order valence-corrected chi connectivity index (χ4v) is 5.70. The maximum absolute atomic E-state index is 15.6. The van der Waals surface area contributed by atoms with Crippen molar-refractivity contribution in [1.82, 2.24) is 25.8 Å². The predicted octanol–water partition coefficient (Wildman–Crippen LogP) is 5.88. The third-order valence-electron chi connectivity index (χ3n) is 7.46. The number of amides is 2. The first kappa shape index (κ1) is 39.3. The molecule has 2 rings (SSSR count). The molecule has 0 saturated heterocycles. The molecule has 2 aliphatic carbocycles. The molecule has 0 aromatic heterocycles. The van der Waals surface area contributed by atoms with Gasteiger partial charge in [0.25, 0.3) is 0 Å². The van der Waals surface area contributed by atoms with Crippen molar-refractivity contribution in [3.05, 3.63) is 93.6 Å². The summed E-state index contributed by atoms with van der Waals surface area (Å²) in [5.41, 5.74) is 8.21. The summed E-state index contributed by atoms with van der Waals surface area (Å²) < 4.78 is 30.4. The Bertz CT molecular complexity index is 1340. The second-order valence-corrected chi connectivity index (χ2v) is 12.7. The van der Waals surface area contributed by atoms with Gasteiger partial charge in [-0.25, -0.2) is 13.6 Å². The minimum atomic E-state index is -0.726. The first-order valence-electron chi connectivity index (χ1n) is 15.2. The average molecular weight is 678 g/mol. The first-order chi connectivity index (χ1) is 21.8. The Morgan fingerprint density at radius 1 is 1.30 bits per heavy atom. The number of hydrogen-bond donors (Lipinski definition) is 5. The number of thioether (sulfide) groups is 1. The lowest BCUT2D eigenvalue weighted by atomic mass is 9.98. The number of nitrogens with two attached hydrogens (primary N) is 1. The Labute approximate surface area is 279 Å². The second kappa shape index (κ2) is 19.7. The van der Waals surface area contributed by atoms with Crippen molar-refractivity contribution in [3.8, 4) is 0 Å². The summed E-state index contributed by atoms with van der Waals surface area (Å²) in [5.74, 6) is -0.854. The van der Waals surface area contributed by atoms with Crippen molar-refractivity contribution < 1.29 is 18.7 Å². The Morgan fingerprint density at radius 2 is 2.02 bits per heavy atom. The number of allylic oxidation sites excluding steroid dienone is 11. The van der Waals surface area contributed by atoms with Crippen LogP contribution in [0.5, 0.6) is 0 Å². The maximum atomic E-state index is 15.6. The Morgan fingerprint density at radius 3 is 2.63 bits per heavy atom. The van der Waals surface area contributed by atoms with Gasteiger partial charge in [-0.05, 0) is 82.6 Å². The van der Waals surface area contributed by atoms with Gasteiger partial charge in [-0.1, -0.05) is 37.8 Å². The lowest BCUT2D eigenvalue weighted by Crippen LogP contribution is -2.52. The van der Waals surface area contributed by atoms with Crippen LogP contribution in [0, 0.1) is 5.92 Å². The molecule has 0 heterocycles. The molecule has 0 aromatic rings. The van der Waals surface area contributed by atoms with E-state index in [-0.39, 0.29) is 43.0 Å². The summed E-state index contributed by atoms with van der Waals surface area (Å²) in [6, 6.07) is -0.731. The number of hydrogen-bond acceptors (Lipinski definition) is 8. The van der Waals surface area contributed by atoms with Gasteiger partial charge >= 0.3 is 6.03 Å². The van der Waals surface area contributed by atoms with Crippen LogP contribution in [0.2, 0.25) is 0 Å². The number of aliphatic imine (C=N–C) groups is 1. The number of carbonyl (C=O) groups excluding carboxylic acids is 1. The summed E-state index contributed by atoms with van der Waals surface area (Å²) in [6.45, 7) is 10.7. The van der Waals surface area contributed by atoms with E-state index in [0.29, 0.717) is 35.8 Å². The van der Waals surface area contributed by atoms with E-state index in [2.05, 4.69) is 36.8 Å². The molecule has 9 nitrogen and oxygen atoms in total. The minimum Gasteiger partial charge on any atom is -0.381 e. The minimum absolute atomic E-state index is 0.00254. The number of nitrogens with zero attached hydrogens (tertiary/aromatic N) is 3. The van der Waals surface area contributed by atoms with E-state index in [1.807, 2.05) is 44.2 Å². The SMILES string of the molecule is C=C(C)/C=N\C=C(/C)N(CNCO)C(=O)NC(CCC1C=CC(P)=C(F)C(CC)=C1)NC1=C(F)C=CC(N(C)C(C)N)C(SC)=C1. The molecule has 0 aliphatic heterocycles. The van der Waals surface area contributed by atoms with Crippen LogP contribution in [0.1, 0.15) is 47.0 Å². The van der Waals surface area contributed by atoms with Gasteiger partial charge in [-0.3, -0.25) is 20.1 Å². The zero-order valence-corrected chi connectivity index (χ0v) is 29.7. The van der Waals surface area contributed by atoms with Crippen LogP contribution in [-0.2, 0) is 0 Å². The van der Waals surface area contributed by atoms with Gasteiger partial charge in [0.05, 0.1) is 31.3 Å². The third-order valence-corrected chi connectivity index (χ3v) is 8.73. The number of halogens is 2. The zero-order valence-electron chi connectivity index (χ0n) is 27.7. The van der Waals surface area contributed by atoms with Gasteiger partial charge in [0.1, 0.15) is 17.8 Å². The smallest absolute Gasteiger partial charge is 0.324 e. The van der Waals surface area contributed by atoms with Crippen LogP contribution >= 0.6 is 21.0 Å². The van der Waals surface area contributed by atoms with Gasteiger partial charge in [-0.15, -0.1) is 21.0 Å². The Kier molecular flexibility index (Phi) is 16.9. The molecule has 13 heteroatoms. The number of aliphatic hydroxyl groups is 1. The number of aliphatic hydroxyl groups excluding tert-OH is 1. The van der Waals surface area contributed by atoms with E-state index in [9.17, 15) is 14.3 Å². The van der Waals surface area contributed by atoms with Crippen molar-refractivity contribution in [2.24, 2.45) is 16.6 Å². The number of urea groups is 1. The normalized spacial score (nSPS) is 20.4. The molecule has 46 heavy (non-hydrogen) atoms. The largest absolute Gasteiger partial charge is 0.381 e. The van der Waals surface area contributed by atoms with Crippen LogP contribution in [0.25, 0.3) is 0 Å². The summed E-state index contributed by atoms with van der Waals surface area (Å²) in [7, 11) is 4.32. The molecule has 0 radical (unpaired) electrons. The number of rotatable bonds is 16. The molecule has 254 valence electrons. The van der Waals surface area contributed by atoms with E-state index in [1.165, 1.54) is 28.9 Å². The predicted molar refractivity (Wildman–Crippen MR) is 192 cm³/mol. The van der Waals surface area contributed by atoms with Crippen molar-refractivity contribution in [1.29, 1.82) is 0 Å². The van der Waals surface area contributed by atoms with E-state index < -0.39 is 18.0 Å². The Balaban J connectivity index is 2.45. The second-order valence-electron chi connectivity index (χ2n) is 11.2. The van der Waals surface area contributed by atoms with E-state index >= 15 is 4.39 Å². The van der Waals surface area contributed by atoms with Gasteiger partial charge in [0, 0.05) is 28.3 Å². The van der Waals surface area contributed by atoms with Crippen LogP contribution in [-0.4, -0.2) is 72.2 Å². The highest BCUT2D eigenvalue weighted by molar-refractivity contribution is 8.02. The summed E-state index contributed by atoms with van der Waals surface area (Å²) in [4.78, 5) is 22.1. The average Bonchev–Trinajstić information content (AvgIpc) is 3.25. The monoisotopic (exact) mass is 677 g/mol. The third kappa shape index (κ3) is 12.1. The molecule has 0 saturated carbocycles. The highest BCUT2D eigenvalue weighted by Gasteiger charge is 2.25. The zero-order chi connectivity index (χ0) is 34.4. The summed E-state index contributed by atoms with van der Waals surface area (Å²) >= 11 is 1.49. The molecule has 6 N–H and O–H groups in total. The summed E-state index contributed by atoms with van der Waals surface area (Å²) in [5, 5.41) is 18.9. The quantitative estimate of drug-likeness (QED) is 0.0787. The van der Waals surface area contributed by atoms with Crippen molar-refractivity contribution >= 4 is 33.2 Å². The van der Waals surface area contributed by atoms with E-state index in [1.54, 1.807) is 38.3 Å². The number of nitrogens with one attached hydrogen (secondary N) is 3. The van der Waals surface area contributed by atoms with Crippen LogP contribution in [0.15, 0.2) is 98.6 Å². The van der Waals surface area contributed by atoms with E-state index in [4.69, 9.17) is 5.73 Å². The highest BCUT2D eigenvalue weighted by Crippen LogP contribution is 2.31. The van der Waals surface area contributed by atoms with Crippen LogP contribution < -0.4 is 21.7 Å². The highest BCUT2D eigenvalue weighted by atomic mass is 32.2. The first-order valence-corrected chi connectivity index (χ1v) is 17.0. The molecule has 0 bridgehead atoms. The van der Waals surface area contributed by atoms with Gasteiger partial charge < -0.3 is 21.5 Å². The molecular weight excluding hydrogens is 627 g/mol. The van der Waals surface area contributed by atoms with Crippen LogP contribution in [0.3, 0.4) is 0 Å². The molecule has 0 spiro atoms. The topological polar surface area (TPSA) is 118 Å². The fourth-order valence-electron chi connectivity index (χ4n) is 4.68. The molecule has 2 aliphatic rings. The molecule has 2 amide bonds. The molecule has 0 fully saturated rings. The fraction of sp³-hybridized carbons (Fsp3) is 0.455. The summed E-state index contributed by atoms with van der Waals surface area (Å²) in [6.07, 6.45) is 16.0. The molecule has 5 unspecified atom stereocenters. The van der Waals surface area contributed by atoms with Gasteiger partial charge in [-0.2, -0.15) is 0 Å². The van der Waals surface area contributed by atoms with Crippen molar-refractivity contribution in [3.63, 3.8) is 0 Å². The lowest BCUT2D eigenvalue weighted by molar-refractivity contribution is 0.187. The maximum Gasteiger partial charge on any atom is 0.324 e. The van der Waals surface area contributed by atoms with Crippen molar-refractivity contribution in [2.45, 2.75) is 65.3 Å². The van der Waals surface area contributed by atoms with E-state index in [0.717, 1.165) is 10.5 Å². The van der Waals surface area contributed by atoms with Crippen LogP contribution in [0.4, 0.5) is 13.6 Å². The molecular formula is C33H50F2N7O2PS. The van der Waals surface area contributed by atoms with Gasteiger partial charge in [0.15, 0.2) is 0 Å². The number of carbonyl (C=O) groups is 1. The Hall–Kier alpha value is -2.86. The molecule has 5 atom stereocenters. The molecule has 0 aromatic carbocycles. The standard InChI is InChI=1S/C33H50F2N7O2PS/c1-8-25-15-24(9-13-29(45)32(25)35)10-14-31(40-33(44)42(19-38-20-43)22(4)18-37-17-21(2)3)39-27-16-30(46-7)28(12-11-26(27)34)41(6)23(5)36/h9,11-13,15-18,23-24,28,31,38-39,43H,2,8,10,14,19-20,36,45H2,1,3-7H3,(H,40,44)/b22-18+,37-17-. The van der Waals surface area contributed by atoms with Gasteiger partial charge in [0.2, 0.25) is 0 Å². The van der Waals surface area contributed by atoms with Crippen molar-refractivity contribution in [2.75, 3.05) is 26.7 Å². The lowest BCUT2D eigenvalue weighted by Gasteiger charge is -2.30.